The summed E-state index contributed by atoms with van der Waals surface area (Å²) in [6, 6.07) is 10.5. The van der Waals surface area contributed by atoms with Crippen LogP contribution in [0.3, 0.4) is 0 Å². The number of carboxylic acid groups (broad SMARTS) is 1. The third-order valence-electron chi connectivity index (χ3n) is 3.07. The Morgan fingerprint density at radius 3 is 2.38 bits per heavy atom. The Bertz CT molecular complexity index is 803. The maximum atomic E-state index is 12.5. The van der Waals surface area contributed by atoms with Gasteiger partial charge in [0.1, 0.15) is 18.0 Å². The van der Waals surface area contributed by atoms with Crippen LogP contribution in [-0.2, 0) is 22.3 Å². The third kappa shape index (κ3) is 5.62. The minimum Gasteiger partial charge on any atom is -0.477 e. The first-order chi connectivity index (χ1) is 12.3. The molecule has 0 aliphatic heterocycles. The Morgan fingerprint density at radius 2 is 1.85 bits per heavy atom. The lowest BCUT2D eigenvalue weighted by molar-refractivity contribution is -0.141. The number of alkyl halides is 3. The Kier molecular flexibility index (Phi) is 5.94. The molecule has 1 aromatic heterocycles. The van der Waals surface area contributed by atoms with Gasteiger partial charge in [0.05, 0.1) is 0 Å². The minimum absolute atomic E-state index is 0.0680. The first-order valence-corrected chi connectivity index (χ1v) is 7.21. The van der Waals surface area contributed by atoms with Gasteiger partial charge in [0.15, 0.2) is 0 Å². The average molecular weight is 366 g/mol. The Morgan fingerprint density at radius 1 is 1.15 bits per heavy atom. The Balaban J connectivity index is 2.04. The van der Waals surface area contributed by atoms with Gasteiger partial charge in [-0.15, -0.1) is 0 Å². The van der Waals surface area contributed by atoms with Crippen molar-refractivity contribution >= 4 is 18.1 Å². The molecule has 0 aliphatic rings. The fourth-order valence-corrected chi connectivity index (χ4v) is 1.85. The molecule has 0 saturated carbocycles. The van der Waals surface area contributed by atoms with Crippen molar-refractivity contribution in [3.8, 4) is 0 Å². The van der Waals surface area contributed by atoms with Crippen molar-refractivity contribution in [3.05, 3.63) is 71.2 Å². The summed E-state index contributed by atoms with van der Waals surface area (Å²) < 4.78 is 42.3. The van der Waals surface area contributed by atoms with E-state index in [1.54, 1.807) is 30.3 Å². The second-order valence-corrected chi connectivity index (χ2v) is 5.02. The molecular weight excluding hydrogens is 353 g/mol. The Hall–Kier alpha value is -3.36. The predicted octanol–water partition coefficient (Wildman–Crippen LogP) is 3.45. The highest BCUT2D eigenvalue weighted by Crippen LogP contribution is 2.27. The van der Waals surface area contributed by atoms with E-state index in [0.29, 0.717) is 11.6 Å². The van der Waals surface area contributed by atoms with E-state index in [0.717, 1.165) is 18.3 Å². The van der Waals surface area contributed by atoms with Crippen molar-refractivity contribution < 1.29 is 32.6 Å². The van der Waals surface area contributed by atoms with Crippen LogP contribution in [0, 0.1) is 0 Å². The summed E-state index contributed by atoms with van der Waals surface area (Å²) in [4.78, 5) is 26.1. The van der Waals surface area contributed by atoms with Crippen molar-refractivity contribution in [3.63, 3.8) is 0 Å². The fraction of sp³-hybridized carbons (Fsp3) is 0.118. The average Bonchev–Trinajstić information content (AvgIpc) is 2.60. The van der Waals surface area contributed by atoms with E-state index in [2.05, 4.69) is 4.98 Å². The van der Waals surface area contributed by atoms with E-state index >= 15 is 0 Å². The number of carbonyl (C=O) groups excluding carboxylic acids is 1. The van der Waals surface area contributed by atoms with Crippen LogP contribution in [0.15, 0.2) is 54.4 Å². The number of alkyl carbamates (subject to hydrolysis) is 1. The van der Waals surface area contributed by atoms with Gasteiger partial charge in [-0.2, -0.15) is 13.2 Å². The number of carbonyl (C=O) groups is 2. The van der Waals surface area contributed by atoms with Gasteiger partial charge in [0.25, 0.3) is 0 Å². The van der Waals surface area contributed by atoms with Crippen LogP contribution in [0.4, 0.5) is 18.0 Å². The number of halogens is 3. The molecule has 0 spiro atoms. The van der Waals surface area contributed by atoms with Crippen LogP contribution in [0.25, 0.3) is 6.08 Å². The zero-order valence-electron chi connectivity index (χ0n) is 13.2. The second-order valence-electron chi connectivity index (χ2n) is 5.02. The molecule has 0 saturated heterocycles. The molecule has 0 atom stereocenters. The van der Waals surface area contributed by atoms with Crippen molar-refractivity contribution in [2.45, 2.75) is 12.8 Å². The minimum atomic E-state index is -4.60. The van der Waals surface area contributed by atoms with Gasteiger partial charge >= 0.3 is 18.2 Å². The SMILES string of the molecule is O=C(N/C(=C\c1ccc(C(F)(F)F)nc1)C(=O)O)OCc1ccccc1. The number of aliphatic carboxylic acids is 1. The van der Waals surface area contributed by atoms with Gasteiger partial charge in [0.2, 0.25) is 0 Å². The third-order valence-corrected chi connectivity index (χ3v) is 3.07. The maximum Gasteiger partial charge on any atom is 0.433 e. The van der Waals surface area contributed by atoms with Gasteiger partial charge in [-0.25, -0.2) is 9.59 Å². The number of nitrogens with zero attached hydrogens (tertiary/aromatic N) is 1. The number of hydrogen-bond donors (Lipinski definition) is 2. The molecule has 0 radical (unpaired) electrons. The van der Waals surface area contributed by atoms with Crippen LogP contribution in [0.1, 0.15) is 16.8 Å². The van der Waals surface area contributed by atoms with Gasteiger partial charge in [-0.3, -0.25) is 10.3 Å². The van der Waals surface area contributed by atoms with E-state index in [4.69, 9.17) is 9.84 Å². The molecule has 2 N–H and O–H groups in total. The van der Waals surface area contributed by atoms with Crippen LogP contribution >= 0.6 is 0 Å². The molecule has 136 valence electrons. The molecule has 6 nitrogen and oxygen atoms in total. The molecule has 1 amide bonds. The van der Waals surface area contributed by atoms with Gasteiger partial charge in [-0.05, 0) is 23.3 Å². The monoisotopic (exact) mass is 366 g/mol. The second kappa shape index (κ2) is 8.15. The molecule has 0 aliphatic carbocycles. The summed E-state index contributed by atoms with van der Waals surface area (Å²) in [7, 11) is 0. The van der Waals surface area contributed by atoms with E-state index < -0.39 is 29.6 Å². The summed E-state index contributed by atoms with van der Waals surface area (Å²) in [5, 5.41) is 11.1. The zero-order valence-corrected chi connectivity index (χ0v) is 13.2. The van der Waals surface area contributed by atoms with Crippen molar-refractivity contribution in [1.82, 2.24) is 10.3 Å². The number of benzene rings is 1. The van der Waals surface area contributed by atoms with Crippen LogP contribution in [0.2, 0.25) is 0 Å². The molecule has 1 aromatic carbocycles. The largest absolute Gasteiger partial charge is 0.477 e. The van der Waals surface area contributed by atoms with E-state index in [9.17, 15) is 22.8 Å². The first kappa shape index (κ1) is 19.0. The van der Waals surface area contributed by atoms with Gasteiger partial charge in [0, 0.05) is 6.20 Å². The zero-order chi connectivity index (χ0) is 19.2. The summed E-state index contributed by atoms with van der Waals surface area (Å²) in [5.74, 6) is -1.48. The van der Waals surface area contributed by atoms with Crippen LogP contribution in [-0.4, -0.2) is 22.2 Å². The van der Waals surface area contributed by atoms with Crippen molar-refractivity contribution in [2.24, 2.45) is 0 Å². The summed E-state index contributed by atoms with van der Waals surface area (Å²) >= 11 is 0. The number of aromatic nitrogens is 1. The smallest absolute Gasteiger partial charge is 0.433 e. The topological polar surface area (TPSA) is 88.5 Å². The van der Waals surface area contributed by atoms with E-state index in [1.165, 1.54) is 0 Å². The fourth-order valence-electron chi connectivity index (χ4n) is 1.85. The van der Waals surface area contributed by atoms with Crippen molar-refractivity contribution in [1.29, 1.82) is 0 Å². The lowest BCUT2D eigenvalue weighted by atomic mass is 10.2. The van der Waals surface area contributed by atoms with E-state index in [-0.39, 0.29) is 12.2 Å². The molecule has 1 heterocycles. The van der Waals surface area contributed by atoms with Crippen molar-refractivity contribution in [2.75, 3.05) is 0 Å². The lowest BCUT2D eigenvalue weighted by Gasteiger charge is -2.08. The number of ether oxygens (including phenoxy) is 1. The number of nitrogens with one attached hydrogen (secondary N) is 1. The number of hydrogen-bond acceptors (Lipinski definition) is 4. The molecule has 26 heavy (non-hydrogen) atoms. The molecule has 0 unspecified atom stereocenters. The molecule has 0 bridgehead atoms. The number of amides is 1. The van der Waals surface area contributed by atoms with Crippen LogP contribution < -0.4 is 5.32 Å². The highest BCUT2D eigenvalue weighted by atomic mass is 19.4. The van der Waals surface area contributed by atoms with Crippen LogP contribution in [0.5, 0.6) is 0 Å². The Labute approximate surface area is 145 Å². The lowest BCUT2D eigenvalue weighted by Crippen LogP contribution is -2.27. The standard InChI is InChI=1S/C17H13F3N2O4/c18-17(19,20)14-7-6-12(9-21-14)8-13(15(23)24)22-16(25)26-10-11-4-2-1-3-5-11/h1-9H,10H2,(H,22,25)(H,23,24)/b13-8-. The summed E-state index contributed by atoms with van der Waals surface area (Å²) in [6.07, 6.45) is -3.79. The van der Waals surface area contributed by atoms with Gasteiger partial charge < -0.3 is 9.84 Å². The normalized spacial score (nSPS) is 11.7. The highest BCUT2D eigenvalue weighted by Gasteiger charge is 2.31. The molecular formula is C17H13F3N2O4. The highest BCUT2D eigenvalue weighted by molar-refractivity contribution is 5.95. The van der Waals surface area contributed by atoms with E-state index in [1.807, 2.05) is 5.32 Å². The molecule has 2 aromatic rings. The quantitative estimate of drug-likeness (QED) is 0.792. The first-order valence-electron chi connectivity index (χ1n) is 7.21. The van der Waals surface area contributed by atoms with Gasteiger partial charge in [-0.1, -0.05) is 36.4 Å². The molecule has 2 rings (SSSR count). The number of pyridine rings is 1. The maximum absolute atomic E-state index is 12.5. The molecule has 9 heteroatoms. The summed E-state index contributed by atoms with van der Waals surface area (Å²) in [6.45, 7) is -0.0680. The number of carboxylic acids is 1. The summed E-state index contributed by atoms with van der Waals surface area (Å²) in [5.41, 5.74) is -0.902. The number of rotatable bonds is 5. The molecule has 0 fully saturated rings. The predicted molar refractivity (Wildman–Crippen MR) is 84.6 cm³/mol.